The van der Waals surface area contributed by atoms with Crippen molar-refractivity contribution in [2.75, 3.05) is 62.0 Å². The molecule has 4 aromatic rings. The number of carboxylic acids is 1. The average Bonchev–Trinajstić information content (AvgIpc) is 3.79. The van der Waals surface area contributed by atoms with Crippen molar-refractivity contribution in [1.29, 1.82) is 0 Å². The van der Waals surface area contributed by atoms with Crippen LogP contribution in [0.3, 0.4) is 0 Å². The third-order valence-electron chi connectivity index (χ3n) is 11.6. The molecule has 388 valence electrons. The van der Waals surface area contributed by atoms with Crippen molar-refractivity contribution in [3.8, 4) is 16.2 Å². The van der Waals surface area contributed by atoms with E-state index in [0.717, 1.165) is 21.9 Å². The van der Waals surface area contributed by atoms with Crippen LogP contribution in [-0.2, 0) is 49.2 Å². The van der Waals surface area contributed by atoms with E-state index < -0.39 is 63.8 Å². The highest BCUT2D eigenvalue weighted by Gasteiger charge is 2.44. The van der Waals surface area contributed by atoms with E-state index in [0.29, 0.717) is 40.2 Å². The predicted molar refractivity (Wildman–Crippen MR) is 269 cm³/mol. The Labute approximate surface area is 429 Å². The number of rotatable bonds is 21. The maximum atomic E-state index is 13.6. The van der Waals surface area contributed by atoms with Crippen LogP contribution in [0.4, 0.5) is 17.1 Å². The molecule has 3 aromatic carbocycles. The van der Waals surface area contributed by atoms with Crippen molar-refractivity contribution in [3.63, 3.8) is 0 Å². The predicted octanol–water partition coefficient (Wildman–Crippen LogP) is 4.87. The molecule has 0 aliphatic carbocycles. The van der Waals surface area contributed by atoms with E-state index in [1.165, 1.54) is 22.5 Å². The quantitative estimate of drug-likeness (QED) is 0.0369. The molecule has 24 heteroatoms. The fourth-order valence-electron chi connectivity index (χ4n) is 8.19. The number of piperidine rings is 2. The summed E-state index contributed by atoms with van der Waals surface area (Å²) in [7, 11) is -3.72. The fraction of sp³-hybridized carbons (Fsp3) is 0.388. The Morgan fingerprint density at radius 2 is 1.60 bits per heavy atom. The largest absolute Gasteiger partial charge is 0.479 e. The van der Waals surface area contributed by atoms with Crippen LogP contribution >= 0.6 is 22.9 Å². The van der Waals surface area contributed by atoms with Gasteiger partial charge in [-0.2, -0.15) is 0 Å². The third-order valence-corrected chi connectivity index (χ3v) is 15.1. The second-order valence-electron chi connectivity index (χ2n) is 18.3. The first-order chi connectivity index (χ1) is 34.6. The van der Waals surface area contributed by atoms with Crippen LogP contribution in [-0.4, -0.2) is 134 Å². The van der Waals surface area contributed by atoms with Gasteiger partial charge in [-0.05, 0) is 93.6 Å². The van der Waals surface area contributed by atoms with Crippen LogP contribution < -0.4 is 31.3 Å². The first-order valence-electron chi connectivity index (χ1n) is 23.2. The van der Waals surface area contributed by atoms with Gasteiger partial charge in [0.2, 0.25) is 33.7 Å². The van der Waals surface area contributed by atoms with Crippen molar-refractivity contribution in [2.45, 2.75) is 76.3 Å². The van der Waals surface area contributed by atoms with Gasteiger partial charge >= 0.3 is 11.9 Å². The SMILES string of the molecule is CC(C)(C)OC(=O)c1sc(-c2cccc(NC3CCN(S(=O)(=O)Cc4cccc(NC(=O)CCOCCNC(=O)CNc5ccc6c(c5)C(=O)N(C5CCC(=O)NC5=O)C6=O)c4)CC3)c2)c(Cl)c1OCC(=O)O. The van der Waals surface area contributed by atoms with Gasteiger partial charge in [0.05, 0.1) is 47.9 Å². The molecule has 7 rings (SSSR count). The van der Waals surface area contributed by atoms with E-state index in [1.807, 2.05) is 12.1 Å². The first kappa shape index (κ1) is 53.9. The number of carboxylic acid groups (broad SMARTS) is 1. The maximum absolute atomic E-state index is 13.6. The van der Waals surface area contributed by atoms with Crippen molar-refractivity contribution < 1.29 is 66.1 Å². The number of nitrogens with one attached hydrogen (secondary N) is 5. The summed E-state index contributed by atoms with van der Waals surface area (Å²) in [4.78, 5) is 101. The van der Waals surface area contributed by atoms with Gasteiger partial charge in [0, 0.05) is 49.2 Å². The number of thiophene rings is 1. The molecule has 1 atom stereocenters. The molecule has 3 aliphatic heterocycles. The summed E-state index contributed by atoms with van der Waals surface area (Å²) in [6, 6.07) is 17.1. The van der Waals surface area contributed by atoms with Gasteiger partial charge in [-0.1, -0.05) is 35.9 Å². The lowest BCUT2D eigenvalue weighted by Crippen LogP contribution is -2.54. The van der Waals surface area contributed by atoms with Crippen LogP contribution in [0, 0.1) is 0 Å². The molecule has 0 radical (unpaired) electrons. The molecular weight excluding hydrogens is 1010 g/mol. The lowest BCUT2D eigenvalue weighted by molar-refractivity contribution is -0.139. The molecule has 4 heterocycles. The van der Waals surface area contributed by atoms with Crippen molar-refractivity contribution in [3.05, 3.63) is 93.3 Å². The standard InChI is InChI=1S/C49H54ClN7O14S2/c1-49(2,3)71-48(66)44-42(70-26-40(61)62)41(50)43(72-44)29-7-5-9-33(23-29)53-30-14-18-56(19-15-30)73(67,68)27-28-6-4-8-32(22-28)54-38(59)16-20-69-21-17-51-39(60)25-52-31-10-11-34-35(24-31)47(65)57(46(34)64)36-12-13-37(58)55-45(36)63/h4-11,22-24,30,36,52-53H,12-21,25-27H2,1-3H3,(H,51,60)(H,54,59)(H,61,62)(H,55,58,63). The second-order valence-corrected chi connectivity index (χ2v) is 21.6. The van der Waals surface area contributed by atoms with E-state index in [-0.39, 0.29) is 109 Å². The van der Waals surface area contributed by atoms with E-state index in [9.17, 15) is 51.9 Å². The minimum Gasteiger partial charge on any atom is -0.479 e. The molecule has 21 nitrogen and oxygen atoms in total. The molecule has 1 aromatic heterocycles. The highest BCUT2D eigenvalue weighted by atomic mass is 35.5. The Hall–Kier alpha value is -6.92. The molecule has 0 bridgehead atoms. The van der Waals surface area contributed by atoms with E-state index >= 15 is 0 Å². The summed E-state index contributed by atoms with van der Waals surface area (Å²) in [6.07, 6.45) is 1.07. The number of amides is 6. The van der Waals surface area contributed by atoms with Crippen molar-refractivity contribution in [1.82, 2.24) is 19.8 Å². The highest BCUT2D eigenvalue weighted by molar-refractivity contribution is 7.88. The van der Waals surface area contributed by atoms with Gasteiger partial charge < -0.3 is 40.6 Å². The number of esters is 1. The number of hydrogen-bond acceptors (Lipinski definition) is 16. The van der Waals surface area contributed by atoms with Crippen LogP contribution in [0.1, 0.15) is 88.8 Å². The summed E-state index contributed by atoms with van der Waals surface area (Å²) in [5.74, 6) is -5.51. The number of carbonyl (C=O) groups excluding carboxylic acids is 7. The molecular formula is C49H54ClN7O14S2. The Balaban J connectivity index is 0.805. The van der Waals surface area contributed by atoms with Crippen LogP contribution in [0.25, 0.3) is 10.4 Å². The fourth-order valence-corrected chi connectivity index (χ4v) is 11.2. The Morgan fingerprint density at radius 3 is 2.33 bits per heavy atom. The number of imide groups is 2. The number of sulfonamides is 1. The topological polar surface area (TPSA) is 285 Å². The van der Waals surface area contributed by atoms with Crippen molar-refractivity contribution >= 4 is 97.4 Å². The number of benzene rings is 3. The zero-order chi connectivity index (χ0) is 52.6. The molecule has 2 fully saturated rings. The smallest absolute Gasteiger partial charge is 0.352 e. The lowest BCUT2D eigenvalue weighted by atomic mass is 10.0. The molecule has 1 unspecified atom stereocenters. The molecule has 3 aliphatic rings. The minimum atomic E-state index is -3.72. The normalized spacial score (nSPS) is 16.4. The van der Waals surface area contributed by atoms with E-state index in [4.69, 9.17) is 25.8 Å². The Bertz CT molecular complexity index is 2930. The van der Waals surface area contributed by atoms with Gasteiger partial charge in [-0.3, -0.25) is 39.0 Å². The number of ether oxygens (including phenoxy) is 3. The Kier molecular flexibility index (Phi) is 17.2. The highest BCUT2D eigenvalue weighted by Crippen LogP contribution is 2.46. The monoisotopic (exact) mass is 1060 g/mol. The zero-order valence-corrected chi connectivity index (χ0v) is 42.4. The maximum Gasteiger partial charge on any atom is 0.352 e. The van der Waals surface area contributed by atoms with Gasteiger partial charge in [0.25, 0.3) is 11.8 Å². The molecule has 6 amide bonds. The second kappa shape index (κ2) is 23.3. The van der Waals surface area contributed by atoms with Gasteiger partial charge in [-0.25, -0.2) is 22.3 Å². The number of halogens is 1. The van der Waals surface area contributed by atoms with Gasteiger partial charge in [0.15, 0.2) is 17.2 Å². The number of fused-ring (bicyclic) bond motifs is 1. The Morgan fingerprint density at radius 1 is 0.877 bits per heavy atom. The van der Waals surface area contributed by atoms with Crippen LogP contribution in [0.2, 0.25) is 5.02 Å². The van der Waals surface area contributed by atoms with Gasteiger partial charge in [0.1, 0.15) is 16.7 Å². The summed E-state index contributed by atoms with van der Waals surface area (Å²) >= 11 is 7.72. The number of nitrogens with zero attached hydrogens (tertiary/aromatic N) is 2. The van der Waals surface area contributed by atoms with Crippen LogP contribution in [0.5, 0.6) is 5.75 Å². The minimum absolute atomic E-state index is 0.00437. The summed E-state index contributed by atoms with van der Waals surface area (Å²) in [5, 5.41) is 23.2. The number of aliphatic carboxylic acids is 1. The zero-order valence-electron chi connectivity index (χ0n) is 40.0. The van der Waals surface area contributed by atoms with Crippen LogP contribution in [0.15, 0.2) is 66.7 Å². The molecule has 0 saturated carbocycles. The molecule has 2 saturated heterocycles. The number of hydrogen-bond donors (Lipinski definition) is 6. The van der Waals surface area contributed by atoms with E-state index in [2.05, 4.69) is 26.6 Å². The van der Waals surface area contributed by atoms with E-state index in [1.54, 1.807) is 57.2 Å². The number of anilines is 3. The lowest BCUT2D eigenvalue weighted by Gasteiger charge is -2.32. The summed E-state index contributed by atoms with van der Waals surface area (Å²) < 4.78 is 45.1. The number of carbonyl (C=O) groups is 8. The average molecular weight is 1060 g/mol. The molecule has 73 heavy (non-hydrogen) atoms. The van der Waals surface area contributed by atoms with Crippen molar-refractivity contribution in [2.24, 2.45) is 0 Å². The third kappa shape index (κ3) is 14.0. The van der Waals surface area contributed by atoms with Gasteiger partial charge in [-0.15, -0.1) is 11.3 Å². The molecule has 6 N–H and O–H groups in total. The summed E-state index contributed by atoms with van der Waals surface area (Å²) in [5.41, 5.74) is 2.05. The molecule has 0 spiro atoms. The summed E-state index contributed by atoms with van der Waals surface area (Å²) in [6.45, 7) is 5.10. The first-order valence-corrected chi connectivity index (χ1v) is 26.0.